The van der Waals surface area contributed by atoms with Gasteiger partial charge in [-0.1, -0.05) is 17.2 Å². The van der Waals surface area contributed by atoms with Crippen LogP contribution in [0.15, 0.2) is 36.4 Å². The van der Waals surface area contributed by atoms with Crippen LogP contribution in [0.5, 0.6) is 11.8 Å². The maximum absolute atomic E-state index is 12.5. The second kappa shape index (κ2) is 9.69. The van der Waals surface area contributed by atoms with Crippen molar-refractivity contribution >= 4 is 17.4 Å². The summed E-state index contributed by atoms with van der Waals surface area (Å²) in [5, 5.41) is 16.1. The number of fused-ring (bicyclic) bond motifs is 1. The molecule has 3 aromatic rings. The molecule has 1 unspecified atom stereocenters. The molecule has 1 atom stereocenters. The molecular formula is C25H33N7O3. The number of likely N-dealkylation sites (N-methyl/N-ethyl adjacent to an activating group) is 1. The zero-order valence-corrected chi connectivity index (χ0v) is 20.6. The van der Waals surface area contributed by atoms with Crippen LogP contribution in [-0.4, -0.2) is 83.1 Å². The molecule has 1 amide bonds. The van der Waals surface area contributed by atoms with E-state index in [2.05, 4.69) is 37.6 Å². The summed E-state index contributed by atoms with van der Waals surface area (Å²) in [5.41, 5.74) is 1.45. The SMILES string of the molecule is COc1nnc2ccc(N3CCC(c4ccc(OCCC5(C)NCCN(C)C5=O)cc4)CC3)nn12. The first-order valence-corrected chi connectivity index (χ1v) is 12.2. The van der Waals surface area contributed by atoms with E-state index in [0.29, 0.717) is 30.6 Å². The molecule has 0 spiro atoms. The number of methoxy groups -OCH3 is 1. The zero-order valence-electron chi connectivity index (χ0n) is 20.6. The van der Waals surface area contributed by atoms with E-state index in [0.717, 1.165) is 50.6 Å². The minimum absolute atomic E-state index is 0.130. The molecule has 35 heavy (non-hydrogen) atoms. The third kappa shape index (κ3) is 4.75. The summed E-state index contributed by atoms with van der Waals surface area (Å²) in [5.74, 6) is 2.38. The lowest BCUT2D eigenvalue weighted by molar-refractivity contribution is -0.139. The number of piperidine rings is 1. The average molecular weight is 480 g/mol. The Bertz CT molecular complexity index is 1170. The summed E-state index contributed by atoms with van der Waals surface area (Å²) in [7, 11) is 3.43. The van der Waals surface area contributed by atoms with Gasteiger partial charge >= 0.3 is 6.01 Å². The minimum atomic E-state index is -0.556. The number of nitrogens with one attached hydrogen (secondary N) is 1. The number of hydrogen-bond acceptors (Lipinski definition) is 8. The molecule has 2 fully saturated rings. The number of carbonyl (C=O) groups excluding carboxylic acids is 1. The molecule has 1 aromatic carbocycles. The Hall–Kier alpha value is -3.40. The van der Waals surface area contributed by atoms with Crippen molar-refractivity contribution in [2.24, 2.45) is 0 Å². The van der Waals surface area contributed by atoms with Crippen LogP contribution in [-0.2, 0) is 4.79 Å². The highest BCUT2D eigenvalue weighted by molar-refractivity contribution is 5.86. The molecule has 2 aliphatic heterocycles. The van der Waals surface area contributed by atoms with E-state index in [4.69, 9.17) is 9.47 Å². The quantitative estimate of drug-likeness (QED) is 0.550. The van der Waals surface area contributed by atoms with E-state index < -0.39 is 5.54 Å². The van der Waals surface area contributed by atoms with Gasteiger partial charge in [-0.05, 0) is 55.5 Å². The lowest BCUT2D eigenvalue weighted by Crippen LogP contribution is -2.62. The van der Waals surface area contributed by atoms with Crippen LogP contribution in [0.3, 0.4) is 0 Å². The number of rotatable bonds is 7. The van der Waals surface area contributed by atoms with Crippen molar-refractivity contribution in [3.05, 3.63) is 42.0 Å². The topological polar surface area (TPSA) is 97.1 Å². The highest BCUT2D eigenvalue weighted by atomic mass is 16.5. The summed E-state index contributed by atoms with van der Waals surface area (Å²) in [6, 6.07) is 12.7. The Morgan fingerprint density at radius 3 is 2.60 bits per heavy atom. The Morgan fingerprint density at radius 2 is 1.86 bits per heavy atom. The summed E-state index contributed by atoms with van der Waals surface area (Å²) in [4.78, 5) is 16.6. The lowest BCUT2D eigenvalue weighted by atomic mass is 9.89. The minimum Gasteiger partial charge on any atom is -0.494 e. The summed E-state index contributed by atoms with van der Waals surface area (Å²) >= 11 is 0. The van der Waals surface area contributed by atoms with Gasteiger partial charge in [0.05, 0.1) is 19.3 Å². The van der Waals surface area contributed by atoms with Crippen molar-refractivity contribution in [1.82, 2.24) is 30.0 Å². The number of nitrogens with zero attached hydrogens (tertiary/aromatic N) is 6. The normalized spacial score (nSPS) is 21.5. The van der Waals surface area contributed by atoms with Gasteiger partial charge in [-0.3, -0.25) is 4.79 Å². The van der Waals surface area contributed by atoms with Crippen molar-refractivity contribution in [2.45, 2.75) is 37.6 Å². The fourth-order valence-electron chi connectivity index (χ4n) is 5.00. The molecule has 0 radical (unpaired) electrons. The molecule has 2 aliphatic rings. The molecule has 4 heterocycles. The van der Waals surface area contributed by atoms with E-state index in [9.17, 15) is 4.79 Å². The number of ether oxygens (including phenoxy) is 2. The van der Waals surface area contributed by atoms with Crippen LogP contribution in [0.2, 0.25) is 0 Å². The van der Waals surface area contributed by atoms with Crippen molar-refractivity contribution in [3.63, 3.8) is 0 Å². The van der Waals surface area contributed by atoms with E-state index >= 15 is 0 Å². The van der Waals surface area contributed by atoms with Crippen molar-refractivity contribution in [1.29, 1.82) is 0 Å². The first kappa shape index (κ1) is 23.3. The van der Waals surface area contributed by atoms with Crippen LogP contribution in [0.4, 0.5) is 5.82 Å². The number of anilines is 1. The van der Waals surface area contributed by atoms with Crippen LogP contribution in [0.25, 0.3) is 5.65 Å². The number of aromatic nitrogens is 4. The lowest BCUT2D eigenvalue weighted by Gasteiger charge is -2.38. The van der Waals surface area contributed by atoms with Gasteiger partial charge in [0.15, 0.2) is 5.65 Å². The van der Waals surface area contributed by atoms with Crippen LogP contribution in [0, 0.1) is 0 Å². The fourth-order valence-corrected chi connectivity index (χ4v) is 5.00. The first-order valence-electron chi connectivity index (χ1n) is 12.2. The maximum Gasteiger partial charge on any atom is 0.338 e. The standard InChI is InChI=1S/C25H33N7O3/c1-25(23(33)30(2)16-13-26-25)12-17-35-20-6-4-18(5-7-20)19-10-14-31(15-11-19)22-9-8-21-27-28-24(34-3)32(21)29-22/h4-9,19,26H,10-17H2,1-3H3. The predicted octanol–water partition coefficient (Wildman–Crippen LogP) is 2.11. The van der Waals surface area contributed by atoms with Crippen molar-refractivity contribution in [2.75, 3.05) is 51.8 Å². The summed E-state index contributed by atoms with van der Waals surface area (Å²) in [6.07, 6.45) is 2.75. The molecule has 186 valence electrons. The highest BCUT2D eigenvalue weighted by Crippen LogP contribution is 2.31. The third-order valence-electron chi connectivity index (χ3n) is 7.23. The molecule has 0 aliphatic carbocycles. The molecule has 5 rings (SSSR count). The first-order chi connectivity index (χ1) is 17.0. The van der Waals surface area contributed by atoms with Gasteiger partial charge in [-0.15, -0.1) is 10.2 Å². The Morgan fingerprint density at radius 1 is 1.09 bits per heavy atom. The highest BCUT2D eigenvalue weighted by Gasteiger charge is 2.37. The van der Waals surface area contributed by atoms with Crippen LogP contribution < -0.4 is 19.7 Å². The summed E-state index contributed by atoms with van der Waals surface area (Å²) in [6.45, 7) is 5.87. The van der Waals surface area contributed by atoms with Crippen LogP contribution >= 0.6 is 0 Å². The van der Waals surface area contributed by atoms with Crippen molar-refractivity contribution < 1.29 is 14.3 Å². The second-order valence-corrected chi connectivity index (χ2v) is 9.56. The van der Waals surface area contributed by atoms with E-state index in [1.54, 1.807) is 16.5 Å². The Labute approximate surface area is 205 Å². The largest absolute Gasteiger partial charge is 0.494 e. The molecule has 0 saturated carbocycles. The monoisotopic (exact) mass is 479 g/mol. The summed E-state index contributed by atoms with van der Waals surface area (Å²) < 4.78 is 12.9. The van der Waals surface area contributed by atoms with Gasteiger partial charge in [-0.25, -0.2) is 0 Å². The zero-order chi connectivity index (χ0) is 24.4. The number of carbonyl (C=O) groups is 1. The molecule has 10 nitrogen and oxygen atoms in total. The number of hydrogen-bond donors (Lipinski definition) is 1. The number of benzene rings is 1. The van der Waals surface area contributed by atoms with E-state index in [1.807, 2.05) is 38.2 Å². The van der Waals surface area contributed by atoms with E-state index in [-0.39, 0.29) is 5.91 Å². The molecular weight excluding hydrogens is 446 g/mol. The van der Waals surface area contributed by atoms with Gasteiger partial charge in [0.1, 0.15) is 11.6 Å². The molecule has 1 N–H and O–H groups in total. The van der Waals surface area contributed by atoms with Crippen LogP contribution in [0.1, 0.15) is 37.7 Å². The van der Waals surface area contributed by atoms with Gasteiger partial charge in [-0.2, -0.15) is 4.52 Å². The van der Waals surface area contributed by atoms with E-state index in [1.165, 1.54) is 5.56 Å². The van der Waals surface area contributed by atoms with Crippen molar-refractivity contribution in [3.8, 4) is 11.8 Å². The third-order valence-corrected chi connectivity index (χ3v) is 7.23. The fraction of sp³-hybridized carbons (Fsp3) is 0.520. The predicted molar refractivity (Wildman–Crippen MR) is 132 cm³/mol. The molecule has 2 saturated heterocycles. The van der Waals surface area contributed by atoms with Gasteiger partial charge < -0.3 is 24.6 Å². The van der Waals surface area contributed by atoms with Gasteiger partial charge in [0, 0.05) is 39.6 Å². The second-order valence-electron chi connectivity index (χ2n) is 9.56. The Balaban J connectivity index is 1.13. The van der Waals surface area contributed by atoms with Gasteiger partial charge in [0.2, 0.25) is 5.91 Å². The smallest absolute Gasteiger partial charge is 0.338 e. The van der Waals surface area contributed by atoms with Gasteiger partial charge in [0.25, 0.3) is 0 Å². The Kier molecular flexibility index (Phi) is 6.46. The molecule has 0 bridgehead atoms. The number of piperazine rings is 1. The molecule has 10 heteroatoms. The molecule has 2 aromatic heterocycles. The average Bonchev–Trinajstić information content (AvgIpc) is 3.30. The number of amides is 1. The maximum atomic E-state index is 12.5.